The van der Waals surface area contributed by atoms with Crippen molar-refractivity contribution in [3.05, 3.63) is 29.0 Å². The Balaban J connectivity index is 2.40. The van der Waals surface area contributed by atoms with Crippen molar-refractivity contribution in [1.82, 2.24) is 5.32 Å². The summed E-state index contributed by atoms with van der Waals surface area (Å²) < 4.78 is 13.2. The number of urea groups is 1. The molecule has 0 saturated carbocycles. The molecule has 6 heteroatoms. The Bertz CT molecular complexity index is 441. The number of carbonyl (C=O) groups excluding carboxylic acids is 1. The minimum absolute atomic E-state index is 0.0107. The first-order chi connectivity index (χ1) is 8.88. The predicted octanol–water partition coefficient (Wildman–Crippen LogP) is 3.01. The topological polar surface area (TPSA) is 61.4 Å². The van der Waals surface area contributed by atoms with Gasteiger partial charge in [0.05, 0.1) is 11.1 Å². The highest BCUT2D eigenvalue weighted by Crippen LogP contribution is 2.18. The van der Waals surface area contributed by atoms with Crippen molar-refractivity contribution in [1.29, 1.82) is 0 Å². The number of halogens is 2. The minimum atomic E-state index is -0.582. The summed E-state index contributed by atoms with van der Waals surface area (Å²) in [5.41, 5.74) is 0.336. The maximum absolute atomic E-state index is 13.2. The fraction of sp³-hybridized carbons (Fsp3) is 0.462. The zero-order valence-corrected chi connectivity index (χ0v) is 11.7. The molecule has 3 N–H and O–H groups in total. The van der Waals surface area contributed by atoms with Crippen LogP contribution in [0, 0.1) is 11.7 Å². The molecule has 0 spiro atoms. The molecule has 2 unspecified atom stereocenters. The van der Waals surface area contributed by atoms with Crippen molar-refractivity contribution < 1.29 is 14.3 Å². The first-order valence-electron chi connectivity index (χ1n) is 6.06. The van der Waals surface area contributed by atoms with Crippen LogP contribution in [0.4, 0.5) is 14.9 Å². The molecule has 4 nitrogen and oxygen atoms in total. The van der Waals surface area contributed by atoms with E-state index >= 15 is 0 Å². The van der Waals surface area contributed by atoms with Gasteiger partial charge in [0, 0.05) is 12.2 Å². The quantitative estimate of drug-likeness (QED) is 0.780. The van der Waals surface area contributed by atoms with E-state index in [0.29, 0.717) is 18.7 Å². The summed E-state index contributed by atoms with van der Waals surface area (Å²) >= 11 is 5.54. The zero-order valence-electron chi connectivity index (χ0n) is 10.9. The molecule has 0 aromatic heterocycles. The van der Waals surface area contributed by atoms with Gasteiger partial charge in [0.1, 0.15) is 5.82 Å². The van der Waals surface area contributed by atoms with Gasteiger partial charge < -0.3 is 15.7 Å². The van der Waals surface area contributed by atoms with Gasteiger partial charge in [-0.05, 0) is 37.5 Å². The lowest BCUT2D eigenvalue weighted by molar-refractivity contribution is 0.163. The summed E-state index contributed by atoms with van der Waals surface area (Å²) in [5.74, 6) is -0.422. The average Bonchev–Trinajstić information content (AvgIpc) is 2.30. The lowest BCUT2D eigenvalue weighted by Gasteiger charge is -2.14. The van der Waals surface area contributed by atoms with Gasteiger partial charge in [0.2, 0.25) is 0 Å². The standard InChI is InChI=1S/C13H18ClFN2O2/c1-8(5-9(2)18)7-16-13(19)17-10-3-4-11(14)12(15)6-10/h3-4,6,8-9,18H,5,7H2,1-2H3,(H2,16,17,19). The third-order valence-corrected chi connectivity index (χ3v) is 2.84. The molecule has 1 aromatic carbocycles. The Kier molecular flexibility index (Phi) is 6.05. The number of aliphatic hydroxyl groups excluding tert-OH is 1. The van der Waals surface area contributed by atoms with Crippen molar-refractivity contribution >= 4 is 23.3 Å². The second-order valence-corrected chi connectivity index (χ2v) is 5.06. The van der Waals surface area contributed by atoms with Gasteiger partial charge in [-0.15, -0.1) is 0 Å². The van der Waals surface area contributed by atoms with Crippen LogP contribution < -0.4 is 10.6 Å². The van der Waals surface area contributed by atoms with E-state index in [0.717, 1.165) is 6.07 Å². The fourth-order valence-electron chi connectivity index (χ4n) is 1.68. The summed E-state index contributed by atoms with van der Waals surface area (Å²) in [6, 6.07) is 3.63. The van der Waals surface area contributed by atoms with Crippen molar-refractivity contribution in [2.24, 2.45) is 5.92 Å². The van der Waals surface area contributed by atoms with Crippen LogP contribution >= 0.6 is 11.6 Å². The SMILES string of the molecule is CC(O)CC(C)CNC(=O)Nc1ccc(Cl)c(F)c1. The second-order valence-electron chi connectivity index (χ2n) is 4.65. The number of hydrogen-bond acceptors (Lipinski definition) is 2. The van der Waals surface area contributed by atoms with Crippen molar-refractivity contribution in [3.63, 3.8) is 0 Å². The fourth-order valence-corrected chi connectivity index (χ4v) is 1.80. The lowest BCUT2D eigenvalue weighted by atomic mass is 10.1. The molecule has 1 rings (SSSR count). The zero-order chi connectivity index (χ0) is 14.4. The van der Waals surface area contributed by atoms with E-state index < -0.39 is 18.0 Å². The van der Waals surface area contributed by atoms with Gasteiger partial charge in [-0.25, -0.2) is 9.18 Å². The van der Waals surface area contributed by atoms with Gasteiger partial charge in [-0.3, -0.25) is 0 Å². The number of aliphatic hydroxyl groups is 1. The predicted molar refractivity (Wildman–Crippen MR) is 73.9 cm³/mol. The maximum atomic E-state index is 13.2. The monoisotopic (exact) mass is 288 g/mol. The highest BCUT2D eigenvalue weighted by molar-refractivity contribution is 6.30. The molecule has 0 aliphatic carbocycles. The van der Waals surface area contributed by atoms with Crippen LogP contribution in [0.5, 0.6) is 0 Å². The van der Waals surface area contributed by atoms with Crippen LogP contribution in [0.3, 0.4) is 0 Å². The van der Waals surface area contributed by atoms with Gasteiger partial charge in [0.25, 0.3) is 0 Å². The molecule has 2 amide bonds. The Hall–Kier alpha value is -1.33. The molecule has 0 aliphatic rings. The summed E-state index contributed by atoms with van der Waals surface area (Å²) in [7, 11) is 0. The Morgan fingerprint density at radius 1 is 1.47 bits per heavy atom. The molecule has 0 aliphatic heterocycles. The molecule has 106 valence electrons. The van der Waals surface area contributed by atoms with E-state index in [1.54, 1.807) is 6.92 Å². The summed E-state index contributed by atoms with van der Waals surface area (Å²) in [6.45, 7) is 4.06. The largest absolute Gasteiger partial charge is 0.393 e. The molecule has 1 aromatic rings. The summed E-state index contributed by atoms with van der Waals surface area (Å²) in [5, 5.41) is 14.4. The first-order valence-corrected chi connectivity index (χ1v) is 6.44. The molecule has 0 fully saturated rings. The van der Waals surface area contributed by atoms with Crippen LogP contribution in [0.15, 0.2) is 18.2 Å². The van der Waals surface area contributed by atoms with Crippen LogP contribution in [0.1, 0.15) is 20.3 Å². The number of amides is 2. The van der Waals surface area contributed by atoms with Crippen LogP contribution in [-0.2, 0) is 0 Å². The molecule has 0 radical (unpaired) electrons. The molecule has 2 atom stereocenters. The smallest absolute Gasteiger partial charge is 0.319 e. The molecule has 0 heterocycles. The summed E-state index contributed by atoms with van der Waals surface area (Å²) in [6.07, 6.45) is 0.209. The van der Waals surface area contributed by atoms with E-state index in [4.69, 9.17) is 11.6 Å². The summed E-state index contributed by atoms with van der Waals surface area (Å²) in [4.78, 5) is 11.6. The first kappa shape index (κ1) is 15.7. The van der Waals surface area contributed by atoms with Gasteiger partial charge in [0.15, 0.2) is 0 Å². The third-order valence-electron chi connectivity index (χ3n) is 2.53. The average molecular weight is 289 g/mol. The Morgan fingerprint density at radius 2 is 2.16 bits per heavy atom. The van der Waals surface area contributed by atoms with E-state index in [1.165, 1.54) is 12.1 Å². The normalized spacial score (nSPS) is 13.7. The maximum Gasteiger partial charge on any atom is 0.319 e. The lowest BCUT2D eigenvalue weighted by Crippen LogP contribution is -2.33. The third kappa shape index (κ3) is 5.89. The van der Waals surface area contributed by atoms with E-state index in [9.17, 15) is 14.3 Å². The van der Waals surface area contributed by atoms with Gasteiger partial charge in [-0.1, -0.05) is 18.5 Å². The molecule has 0 saturated heterocycles. The number of carbonyl (C=O) groups is 1. The number of nitrogens with one attached hydrogen (secondary N) is 2. The van der Waals surface area contributed by atoms with Gasteiger partial charge in [-0.2, -0.15) is 0 Å². The number of anilines is 1. The molecule has 19 heavy (non-hydrogen) atoms. The van der Waals surface area contributed by atoms with E-state index in [1.807, 2.05) is 6.92 Å². The van der Waals surface area contributed by atoms with Gasteiger partial charge >= 0.3 is 6.03 Å². The number of hydrogen-bond donors (Lipinski definition) is 3. The second kappa shape index (κ2) is 7.31. The Labute approximate surface area is 117 Å². The highest BCUT2D eigenvalue weighted by Gasteiger charge is 2.09. The van der Waals surface area contributed by atoms with Crippen molar-refractivity contribution in [3.8, 4) is 0 Å². The van der Waals surface area contributed by atoms with E-state index in [2.05, 4.69) is 10.6 Å². The van der Waals surface area contributed by atoms with Crippen LogP contribution in [0.25, 0.3) is 0 Å². The molecular formula is C13H18ClFN2O2. The Morgan fingerprint density at radius 3 is 2.74 bits per heavy atom. The highest BCUT2D eigenvalue weighted by atomic mass is 35.5. The van der Waals surface area contributed by atoms with Crippen molar-refractivity contribution in [2.45, 2.75) is 26.4 Å². The molecular weight excluding hydrogens is 271 g/mol. The van der Waals surface area contributed by atoms with Crippen LogP contribution in [0.2, 0.25) is 5.02 Å². The number of benzene rings is 1. The van der Waals surface area contributed by atoms with Crippen molar-refractivity contribution in [2.75, 3.05) is 11.9 Å². The van der Waals surface area contributed by atoms with Crippen LogP contribution in [-0.4, -0.2) is 23.8 Å². The minimum Gasteiger partial charge on any atom is -0.393 e. The molecule has 0 bridgehead atoms. The van der Waals surface area contributed by atoms with E-state index in [-0.39, 0.29) is 10.9 Å². The number of rotatable bonds is 5.